The number of aryl methyl sites for hydroxylation is 1. The second-order valence-electron chi connectivity index (χ2n) is 6.03. The highest BCUT2D eigenvalue weighted by Gasteiger charge is 2.27. The van der Waals surface area contributed by atoms with Gasteiger partial charge in [0.15, 0.2) is 0 Å². The zero-order valence-electron chi connectivity index (χ0n) is 13.9. The van der Waals surface area contributed by atoms with E-state index in [0.717, 1.165) is 19.4 Å². The third-order valence-electron chi connectivity index (χ3n) is 4.38. The molecule has 24 heavy (non-hydrogen) atoms. The number of piperidine rings is 1. The highest BCUT2D eigenvalue weighted by molar-refractivity contribution is 5.89. The van der Waals surface area contributed by atoms with Crippen LogP contribution in [0.4, 0.5) is 5.82 Å². The second-order valence-corrected chi connectivity index (χ2v) is 6.03. The van der Waals surface area contributed by atoms with Gasteiger partial charge >= 0.3 is 0 Å². The summed E-state index contributed by atoms with van der Waals surface area (Å²) in [4.78, 5) is 19.1. The number of nitrogens with zero attached hydrogens (tertiary/aromatic N) is 5. The van der Waals surface area contributed by atoms with Gasteiger partial charge in [0.1, 0.15) is 28.5 Å². The molecule has 2 aromatic rings. The van der Waals surface area contributed by atoms with E-state index in [4.69, 9.17) is 5.73 Å². The number of nitrogens with two attached hydrogens (primary N) is 1. The Morgan fingerprint density at radius 1 is 1.50 bits per heavy atom. The molecule has 0 aromatic carbocycles. The van der Waals surface area contributed by atoms with Crippen molar-refractivity contribution in [1.29, 1.82) is 5.26 Å². The first-order valence-corrected chi connectivity index (χ1v) is 7.96. The van der Waals surface area contributed by atoms with Crippen molar-refractivity contribution in [2.75, 3.05) is 18.0 Å². The summed E-state index contributed by atoms with van der Waals surface area (Å²) in [6.45, 7) is 3.56. The van der Waals surface area contributed by atoms with Gasteiger partial charge in [-0.1, -0.05) is 5.92 Å². The number of hydrogen-bond acceptors (Lipinski definition) is 5. The third kappa shape index (κ3) is 2.53. The van der Waals surface area contributed by atoms with Crippen molar-refractivity contribution in [3.8, 4) is 17.9 Å². The van der Waals surface area contributed by atoms with Gasteiger partial charge in [-0.25, -0.2) is 4.98 Å². The molecule has 7 heteroatoms. The fourth-order valence-corrected chi connectivity index (χ4v) is 3.25. The van der Waals surface area contributed by atoms with Crippen LogP contribution in [0.5, 0.6) is 0 Å². The Morgan fingerprint density at radius 3 is 2.96 bits per heavy atom. The van der Waals surface area contributed by atoms with Crippen LogP contribution in [0, 0.1) is 23.2 Å². The lowest BCUT2D eigenvalue weighted by Crippen LogP contribution is -2.44. The largest absolute Gasteiger partial charge is 0.355 e. The summed E-state index contributed by atoms with van der Waals surface area (Å²) in [5.41, 5.74) is 7.22. The van der Waals surface area contributed by atoms with E-state index in [-0.39, 0.29) is 11.6 Å². The van der Waals surface area contributed by atoms with E-state index in [1.807, 2.05) is 4.57 Å². The standard InChI is InChI=1S/C17H20N6O/c1-3-4-8-23-15-14(20-11-21(2)17(15)24)13(9-18)16(23)22-7-5-6-12(19)10-22/h11-12H,5-8,10,19H2,1-2H3. The van der Waals surface area contributed by atoms with Crippen LogP contribution in [0.25, 0.3) is 11.0 Å². The Kier molecular flexibility index (Phi) is 4.28. The molecule has 0 aliphatic carbocycles. The number of anilines is 1. The molecule has 2 aromatic heterocycles. The lowest BCUT2D eigenvalue weighted by molar-refractivity contribution is 0.499. The molecular weight excluding hydrogens is 304 g/mol. The molecule has 0 saturated carbocycles. The van der Waals surface area contributed by atoms with Crippen LogP contribution >= 0.6 is 0 Å². The molecule has 1 aliphatic rings. The lowest BCUT2D eigenvalue weighted by atomic mass is 10.1. The summed E-state index contributed by atoms with van der Waals surface area (Å²) < 4.78 is 3.24. The van der Waals surface area contributed by atoms with Gasteiger partial charge in [0.25, 0.3) is 5.56 Å². The van der Waals surface area contributed by atoms with Crippen LogP contribution in [0.2, 0.25) is 0 Å². The highest BCUT2D eigenvalue weighted by atomic mass is 16.1. The molecule has 3 heterocycles. The molecule has 0 amide bonds. The van der Waals surface area contributed by atoms with Crippen molar-refractivity contribution < 1.29 is 0 Å². The van der Waals surface area contributed by atoms with Crippen LogP contribution in [0.15, 0.2) is 11.1 Å². The molecule has 1 atom stereocenters. The van der Waals surface area contributed by atoms with Crippen molar-refractivity contribution in [3.05, 3.63) is 22.2 Å². The summed E-state index contributed by atoms with van der Waals surface area (Å²) >= 11 is 0. The maximum absolute atomic E-state index is 12.6. The average Bonchev–Trinajstić information content (AvgIpc) is 2.90. The van der Waals surface area contributed by atoms with E-state index in [1.54, 1.807) is 14.0 Å². The molecule has 3 rings (SSSR count). The van der Waals surface area contributed by atoms with E-state index in [9.17, 15) is 10.1 Å². The van der Waals surface area contributed by atoms with Crippen molar-refractivity contribution in [2.45, 2.75) is 32.4 Å². The van der Waals surface area contributed by atoms with Crippen LogP contribution in [-0.2, 0) is 13.6 Å². The minimum absolute atomic E-state index is 0.0600. The van der Waals surface area contributed by atoms with Gasteiger partial charge in [-0.2, -0.15) is 5.26 Å². The molecule has 1 saturated heterocycles. The molecule has 7 nitrogen and oxygen atoms in total. The van der Waals surface area contributed by atoms with E-state index >= 15 is 0 Å². The number of rotatable bonds is 2. The topological polar surface area (TPSA) is 92.9 Å². The minimum atomic E-state index is -0.179. The second kappa shape index (κ2) is 6.38. The van der Waals surface area contributed by atoms with Gasteiger partial charge < -0.3 is 19.8 Å². The molecule has 2 N–H and O–H groups in total. The minimum Gasteiger partial charge on any atom is -0.355 e. The molecule has 0 radical (unpaired) electrons. The lowest BCUT2D eigenvalue weighted by Gasteiger charge is -2.33. The molecule has 1 unspecified atom stereocenters. The molecule has 0 spiro atoms. The molecule has 124 valence electrons. The number of aromatic nitrogens is 3. The maximum atomic E-state index is 12.6. The van der Waals surface area contributed by atoms with Crippen molar-refractivity contribution in [1.82, 2.24) is 14.1 Å². The predicted molar refractivity (Wildman–Crippen MR) is 92.6 cm³/mol. The van der Waals surface area contributed by atoms with Crippen LogP contribution in [0.3, 0.4) is 0 Å². The van der Waals surface area contributed by atoms with Crippen LogP contribution < -0.4 is 16.2 Å². The molecule has 1 fully saturated rings. The first-order chi connectivity index (χ1) is 11.6. The van der Waals surface area contributed by atoms with Gasteiger partial charge in [-0.05, 0) is 19.8 Å². The molecule has 0 bridgehead atoms. The Labute approximate surface area is 140 Å². The van der Waals surface area contributed by atoms with Crippen LogP contribution in [0.1, 0.15) is 25.3 Å². The fourth-order valence-electron chi connectivity index (χ4n) is 3.25. The Morgan fingerprint density at radius 2 is 2.29 bits per heavy atom. The number of hydrogen-bond donors (Lipinski definition) is 1. The van der Waals surface area contributed by atoms with E-state index in [2.05, 4.69) is 27.8 Å². The monoisotopic (exact) mass is 324 g/mol. The van der Waals surface area contributed by atoms with Crippen molar-refractivity contribution in [2.24, 2.45) is 12.8 Å². The third-order valence-corrected chi connectivity index (χ3v) is 4.38. The van der Waals surface area contributed by atoms with E-state index in [1.165, 1.54) is 10.9 Å². The number of fused-ring (bicyclic) bond motifs is 1. The summed E-state index contributed by atoms with van der Waals surface area (Å²) in [6, 6.07) is 2.29. The summed E-state index contributed by atoms with van der Waals surface area (Å²) in [7, 11) is 1.65. The summed E-state index contributed by atoms with van der Waals surface area (Å²) in [6.07, 6.45) is 3.37. The SMILES string of the molecule is CC#CCn1c(N2CCCC(N)C2)c(C#N)c2ncn(C)c(=O)c21. The molecule has 1 aliphatic heterocycles. The zero-order valence-corrected chi connectivity index (χ0v) is 13.9. The zero-order chi connectivity index (χ0) is 17.3. The maximum Gasteiger partial charge on any atom is 0.277 e. The first kappa shape index (κ1) is 16.1. The highest BCUT2D eigenvalue weighted by Crippen LogP contribution is 2.31. The predicted octanol–water partition coefficient (Wildman–Crippen LogP) is 0.557. The van der Waals surface area contributed by atoms with Gasteiger partial charge in [0, 0.05) is 26.2 Å². The number of nitriles is 1. The normalized spacial score (nSPS) is 17.4. The van der Waals surface area contributed by atoms with Crippen LogP contribution in [-0.4, -0.2) is 33.2 Å². The van der Waals surface area contributed by atoms with Gasteiger partial charge in [-0.15, -0.1) is 5.92 Å². The van der Waals surface area contributed by atoms with Gasteiger partial charge in [-0.3, -0.25) is 4.79 Å². The Hall–Kier alpha value is -2.77. The average molecular weight is 324 g/mol. The fraction of sp³-hybridized carbons (Fsp3) is 0.471. The van der Waals surface area contributed by atoms with E-state index < -0.39 is 0 Å². The Balaban J connectivity index is 2.32. The Bertz CT molecular complexity index is 936. The van der Waals surface area contributed by atoms with E-state index in [0.29, 0.717) is 35.5 Å². The quantitative estimate of drug-likeness (QED) is 0.815. The molecular formula is C17H20N6O. The van der Waals surface area contributed by atoms with Crippen molar-refractivity contribution >= 4 is 16.9 Å². The summed E-state index contributed by atoms with van der Waals surface area (Å²) in [5, 5.41) is 9.71. The smallest absolute Gasteiger partial charge is 0.277 e. The van der Waals surface area contributed by atoms with Gasteiger partial charge in [0.05, 0.1) is 12.9 Å². The summed E-state index contributed by atoms with van der Waals surface area (Å²) in [5.74, 6) is 6.57. The van der Waals surface area contributed by atoms with Crippen molar-refractivity contribution in [3.63, 3.8) is 0 Å². The van der Waals surface area contributed by atoms with Gasteiger partial charge in [0.2, 0.25) is 0 Å². The first-order valence-electron chi connectivity index (χ1n) is 7.96.